The van der Waals surface area contributed by atoms with Crippen LogP contribution in [0, 0.1) is 0 Å². The van der Waals surface area contributed by atoms with Crippen LogP contribution in [0.5, 0.6) is 0 Å². The fourth-order valence-corrected chi connectivity index (χ4v) is 2.63. The van der Waals surface area contributed by atoms with Crippen molar-refractivity contribution in [3.63, 3.8) is 0 Å². The van der Waals surface area contributed by atoms with Crippen LogP contribution < -0.4 is 10.5 Å². The SMILES string of the molecule is CC(C)=CCNS(=O)(=O)c1ccc(N)c(Br)c1. The number of hydrogen-bond acceptors (Lipinski definition) is 3. The van der Waals surface area contributed by atoms with Crippen molar-refractivity contribution in [1.82, 2.24) is 4.72 Å². The maximum Gasteiger partial charge on any atom is 0.240 e. The topological polar surface area (TPSA) is 72.2 Å². The van der Waals surface area contributed by atoms with Crippen LogP contribution in [0.3, 0.4) is 0 Å². The van der Waals surface area contributed by atoms with Crippen LogP contribution in [0.4, 0.5) is 5.69 Å². The van der Waals surface area contributed by atoms with E-state index < -0.39 is 10.0 Å². The summed E-state index contributed by atoms with van der Waals surface area (Å²) in [4.78, 5) is 0.195. The highest BCUT2D eigenvalue weighted by Gasteiger charge is 2.13. The van der Waals surface area contributed by atoms with Crippen LogP contribution in [0.2, 0.25) is 0 Å². The van der Waals surface area contributed by atoms with E-state index in [1.54, 1.807) is 6.07 Å². The molecule has 0 aromatic heterocycles. The van der Waals surface area contributed by atoms with E-state index >= 15 is 0 Å². The minimum atomic E-state index is -3.48. The van der Waals surface area contributed by atoms with Gasteiger partial charge in [-0.05, 0) is 48.0 Å². The van der Waals surface area contributed by atoms with Crippen molar-refractivity contribution in [2.24, 2.45) is 0 Å². The Labute approximate surface area is 110 Å². The molecule has 0 bridgehead atoms. The quantitative estimate of drug-likeness (QED) is 0.660. The maximum absolute atomic E-state index is 11.9. The Kier molecular flexibility index (Phi) is 4.73. The smallest absolute Gasteiger partial charge is 0.240 e. The van der Waals surface area contributed by atoms with Gasteiger partial charge in [-0.15, -0.1) is 0 Å². The van der Waals surface area contributed by atoms with Crippen molar-refractivity contribution in [2.75, 3.05) is 12.3 Å². The molecule has 0 amide bonds. The predicted octanol–water partition coefficient (Wildman–Crippen LogP) is 2.28. The molecule has 0 aliphatic heterocycles. The summed E-state index contributed by atoms with van der Waals surface area (Å²) >= 11 is 3.20. The molecule has 0 atom stereocenters. The van der Waals surface area contributed by atoms with Gasteiger partial charge in [-0.25, -0.2) is 13.1 Å². The van der Waals surface area contributed by atoms with Gasteiger partial charge in [0.1, 0.15) is 0 Å². The predicted molar refractivity (Wildman–Crippen MR) is 73.2 cm³/mol. The fourth-order valence-electron chi connectivity index (χ4n) is 1.11. The largest absolute Gasteiger partial charge is 0.398 e. The van der Waals surface area contributed by atoms with Crippen molar-refractivity contribution in [3.8, 4) is 0 Å². The highest BCUT2D eigenvalue weighted by Crippen LogP contribution is 2.22. The van der Waals surface area contributed by atoms with E-state index in [1.807, 2.05) is 19.9 Å². The number of rotatable bonds is 4. The van der Waals surface area contributed by atoms with E-state index in [4.69, 9.17) is 5.73 Å². The monoisotopic (exact) mass is 318 g/mol. The van der Waals surface area contributed by atoms with Crippen molar-refractivity contribution < 1.29 is 8.42 Å². The van der Waals surface area contributed by atoms with E-state index in [-0.39, 0.29) is 11.4 Å². The van der Waals surface area contributed by atoms with E-state index in [2.05, 4.69) is 20.7 Å². The molecule has 0 unspecified atom stereocenters. The maximum atomic E-state index is 11.9. The lowest BCUT2D eigenvalue weighted by Gasteiger charge is -2.06. The molecule has 1 rings (SSSR count). The summed E-state index contributed by atoms with van der Waals surface area (Å²) < 4.78 is 26.8. The first-order valence-corrected chi connectivity index (χ1v) is 7.28. The van der Waals surface area contributed by atoms with Gasteiger partial charge in [-0.1, -0.05) is 11.6 Å². The van der Waals surface area contributed by atoms with Gasteiger partial charge < -0.3 is 5.73 Å². The molecule has 0 heterocycles. The zero-order valence-electron chi connectivity index (χ0n) is 9.70. The molecule has 1 aromatic carbocycles. The minimum Gasteiger partial charge on any atom is -0.398 e. The minimum absolute atomic E-state index is 0.195. The number of benzene rings is 1. The second-order valence-electron chi connectivity index (χ2n) is 3.82. The fraction of sp³-hybridized carbons (Fsp3) is 0.273. The molecule has 1 aromatic rings. The summed E-state index contributed by atoms with van der Waals surface area (Å²) in [5, 5.41) is 0. The number of anilines is 1. The van der Waals surface area contributed by atoms with Crippen LogP contribution >= 0.6 is 15.9 Å². The van der Waals surface area contributed by atoms with Gasteiger partial charge in [0, 0.05) is 16.7 Å². The van der Waals surface area contributed by atoms with Crippen LogP contribution in [0.1, 0.15) is 13.8 Å². The van der Waals surface area contributed by atoms with Crippen molar-refractivity contribution in [1.29, 1.82) is 0 Å². The third kappa shape index (κ3) is 4.14. The summed E-state index contributed by atoms with van der Waals surface area (Å²) in [6, 6.07) is 4.52. The Balaban J connectivity index is 2.90. The number of allylic oxidation sites excluding steroid dienone is 1. The number of sulfonamides is 1. The van der Waals surface area contributed by atoms with Crippen LogP contribution in [0.15, 0.2) is 39.2 Å². The summed E-state index contributed by atoms with van der Waals surface area (Å²) in [5.74, 6) is 0. The normalized spacial score (nSPS) is 11.2. The third-order valence-electron chi connectivity index (χ3n) is 2.07. The zero-order chi connectivity index (χ0) is 13.1. The number of nitrogens with two attached hydrogens (primary N) is 1. The molecule has 4 nitrogen and oxygen atoms in total. The Bertz CT molecular complexity index is 534. The van der Waals surface area contributed by atoms with Crippen molar-refractivity contribution in [2.45, 2.75) is 18.7 Å². The molecular weight excluding hydrogens is 304 g/mol. The molecule has 0 saturated carbocycles. The number of hydrogen-bond donors (Lipinski definition) is 2. The highest BCUT2D eigenvalue weighted by atomic mass is 79.9. The molecule has 17 heavy (non-hydrogen) atoms. The number of halogens is 1. The lowest BCUT2D eigenvalue weighted by molar-refractivity contribution is 0.585. The Hall–Kier alpha value is -0.850. The van der Waals surface area contributed by atoms with Gasteiger partial charge in [-0.2, -0.15) is 0 Å². The molecule has 94 valence electrons. The summed E-state index contributed by atoms with van der Waals surface area (Å²) in [6.45, 7) is 4.11. The average molecular weight is 319 g/mol. The Morgan fingerprint density at radius 2 is 2.12 bits per heavy atom. The Morgan fingerprint density at radius 3 is 2.65 bits per heavy atom. The molecule has 0 aliphatic rings. The van der Waals surface area contributed by atoms with Crippen LogP contribution in [0.25, 0.3) is 0 Å². The van der Waals surface area contributed by atoms with Crippen LogP contribution in [-0.2, 0) is 10.0 Å². The van der Waals surface area contributed by atoms with Gasteiger partial charge in [0.25, 0.3) is 0 Å². The first-order chi connectivity index (χ1) is 7.83. The second kappa shape index (κ2) is 5.66. The molecule has 0 saturated heterocycles. The van der Waals surface area contributed by atoms with Gasteiger partial charge in [-0.3, -0.25) is 0 Å². The molecule has 0 spiro atoms. The van der Waals surface area contributed by atoms with Crippen molar-refractivity contribution >= 4 is 31.6 Å². The lowest BCUT2D eigenvalue weighted by atomic mass is 10.3. The van der Waals surface area contributed by atoms with Gasteiger partial charge in [0.15, 0.2) is 0 Å². The molecule has 0 fully saturated rings. The first kappa shape index (κ1) is 14.2. The summed E-state index contributed by atoms with van der Waals surface area (Å²) in [7, 11) is -3.48. The summed E-state index contributed by atoms with van der Waals surface area (Å²) in [6.07, 6.45) is 1.81. The third-order valence-corrected chi connectivity index (χ3v) is 4.17. The van der Waals surface area contributed by atoms with Gasteiger partial charge >= 0.3 is 0 Å². The lowest BCUT2D eigenvalue weighted by Crippen LogP contribution is -2.23. The standard InChI is InChI=1S/C11H15BrN2O2S/c1-8(2)5-6-14-17(15,16)9-3-4-11(13)10(12)7-9/h3-5,7,14H,6,13H2,1-2H3. The molecule has 6 heteroatoms. The molecular formula is C11H15BrN2O2S. The summed E-state index contributed by atoms with van der Waals surface area (Å²) in [5.41, 5.74) is 7.17. The molecule has 3 N–H and O–H groups in total. The average Bonchev–Trinajstić information content (AvgIpc) is 2.21. The molecule has 0 aliphatic carbocycles. The van der Waals surface area contributed by atoms with Crippen LogP contribution in [-0.4, -0.2) is 15.0 Å². The molecule has 0 radical (unpaired) electrons. The van der Waals surface area contributed by atoms with E-state index in [0.29, 0.717) is 10.2 Å². The van der Waals surface area contributed by atoms with E-state index in [9.17, 15) is 8.42 Å². The van der Waals surface area contributed by atoms with Gasteiger partial charge in [0.05, 0.1) is 4.90 Å². The Morgan fingerprint density at radius 1 is 1.47 bits per heavy atom. The zero-order valence-corrected chi connectivity index (χ0v) is 12.1. The highest BCUT2D eigenvalue weighted by molar-refractivity contribution is 9.10. The second-order valence-corrected chi connectivity index (χ2v) is 6.44. The van der Waals surface area contributed by atoms with E-state index in [1.165, 1.54) is 12.1 Å². The number of nitrogen functional groups attached to an aromatic ring is 1. The van der Waals surface area contributed by atoms with E-state index in [0.717, 1.165) is 5.57 Å². The van der Waals surface area contributed by atoms with Crippen molar-refractivity contribution in [3.05, 3.63) is 34.3 Å². The van der Waals surface area contributed by atoms with Gasteiger partial charge in [0.2, 0.25) is 10.0 Å². The number of nitrogens with one attached hydrogen (secondary N) is 1. The first-order valence-electron chi connectivity index (χ1n) is 5.01.